The standard InChI is InChI=1S/C17H14N2O5/c1-2-23-17(20)15-16(11-7-3-4-8-12(11)18-15)24-14-10-6-5-9-13(14)19(21)22/h3-10,18H,2H2,1H3. The van der Waals surface area contributed by atoms with Crippen molar-refractivity contribution in [3.8, 4) is 11.5 Å². The average Bonchev–Trinajstić information content (AvgIpc) is 2.94. The number of aromatic nitrogens is 1. The Morgan fingerprint density at radius 2 is 1.88 bits per heavy atom. The number of nitrogens with zero attached hydrogens (tertiary/aromatic N) is 1. The maximum absolute atomic E-state index is 12.2. The zero-order valence-corrected chi connectivity index (χ0v) is 12.8. The van der Waals surface area contributed by atoms with Gasteiger partial charge in [-0.3, -0.25) is 10.1 Å². The summed E-state index contributed by atoms with van der Waals surface area (Å²) in [5, 5.41) is 11.8. The van der Waals surface area contributed by atoms with Crippen molar-refractivity contribution in [3.63, 3.8) is 0 Å². The molecule has 3 aromatic rings. The summed E-state index contributed by atoms with van der Waals surface area (Å²) in [7, 11) is 0. The Morgan fingerprint density at radius 3 is 2.62 bits per heavy atom. The fourth-order valence-corrected chi connectivity index (χ4v) is 2.37. The van der Waals surface area contributed by atoms with E-state index in [1.54, 1.807) is 37.3 Å². The Balaban J connectivity index is 2.13. The van der Waals surface area contributed by atoms with Crippen molar-refractivity contribution in [2.75, 3.05) is 6.61 Å². The number of fused-ring (bicyclic) bond motifs is 1. The van der Waals surface area contributed by atoms with Crippen molar-refractivity contribution < 1.29 is 19.2 Å². The lowest BCUT2D eigenvalue weighted by molar-refractivity contribution is -0.385. The molecule has 0 amide bonds. The molecule has 0 saturated heterocycles. The number of esters is 1. The highest BCUT2D eigenvalue weighted by Gasteiger charge is 2.23. The molecule has 0 spiro atoms. The molecule has 2 aromatic carbocycles. The van der Waals surface area contributed by atoms with Gasteiger partial charge in [0.1, 0.15) is 0 Å². The van der Waals surface area contributed by atoms with Crippen LogP contribution >= 0.6 is 0 Å². The summed E-state index contributed by atoms with van der Waals surface area (Å²) in [4.78, 5) is 25.8. The minimum absolute atomic E-state index is 0.0535. The van der Waals surface area contributed by atoms with Crippen LogP contribution in [0.5, 0.6) is 11.5 Å². The number of carbonyl (C=O) groups is 1. The summed E-state index contributed by atoms with van der Waals surface area (Å²) in [6, 6.07) is 13.1. The summed E-state index contributed by atoms with van der Waals surface area (Å²) in [5.41, 5.74) is 0.614. The highest BCUT2D eigenvalue weighted by molar-refractivity contribution is 6.01. The number of nitro groups is 1. The molecule has 0 atom stereocenters. The predicted molar refractivity (Wildman–Crippen MR) is 87.4 cm³/mol. The summed E-state index contributed by atoms with van der Waals surface area (Å²) in [6.07, 6.45) is 0. The van der Waals surface area contributed by atoms with Gasteiger partial charge in [-0.2, -0.15) is 0 Å². The highest BCUT2D eigenvalue weighted by atomic mass is 16.6. The Morgan fingerprint density at radius 1 is 1.17 bits per heavy atom. The molecule has 7 heteroatoms. The molecule has 1 aromatic heterocycles. The van der Waals surface area contributed by atoms with Crippen LogP contribution in [-0.4, -0.2) is 22.5 Å². The molecule has 0 saturated carbocycles. The summed E-state index contributed by atoms with van der Waals surface area (Å²) >= 11 is 0. The van der Waals surface area contributed by atoms with E-state index >= 15 is 0 Å². The molecule has 1 N–H and O–H groups in total. The number of para-hydroxylation sites is 3. The molecule has 1 heterocycles. The molecule has 3 rings (SSSR count). The summed E-state index contributed by atoms with van der Waals surface area (Å²) in [6.45, 7) is 1.91. The van der Waals surface area contributed by atoms with Crippen LogP contribution in [0.15, 0.2) is 48.5 Å². The van der Waals surface area contributed by atoms with Crippen molar-refractivity contribution >= 4 is 22.6 Å². The predicted octanol–water partition coefficient (Wildman–Crippen LogP) is 4.05. The number of H-pyrrole nitrogens is 1. The number of aromatic amines is 1. The molecule has 0 unspecified atom stereocenters. The van der Waals surface area contributed by atoms with E-state index in [-0.39, 0.29) is 29.5 Å². The first-order valence-corrected chi connectivity index (χ1v) is 7.31. The SMILES string of the molecule is CCOC(=O)c1[nH]c2ccccc2c1Oc1ccccc1[N+](=O)[O-]. The molecule has 0 aliphatic carbocycles. The second-order valence-electron chi connectivity index (χ2n) is 4.92. The third-order valence-electron chi connectivity index (χ3n) is 3.41. The first-order valence-electron chi connectivity index (χ1n) is 7.31. The third-order valence-corrected chi connectivity index (χ3v) is 3.41. The van der Waals surface area contributed by atoms with Crippen molar-refractivity contribution in [2.45, 2.75) is 6.92 Å². The van der Waals surface area contributed by atoms with Crippen LogP contribution in [0.3, 0.4) is 0 Å². The van der Waals surface area contributed by atoms with Gasteiger partial charge in [0.2, 0.25) is 5.75 Å². The lowest BCUT2D eigenvalue weighted by Crippen LogP contribution is -2.06. The number of hydrogen-bond acceptors (Lipinski definition) is 5. The van der Waals surface area contributed by atoms with Gasteiger partial charge >= 0.3 is 11.7 Å². The lowest BCUT2D eigenvalue weighted by atomic mass is 10.2. The van der Waals surface area contributed by atoms with Gasteiger partial charge in [0.15, 0.2) is 11.4 Å². The van der Waals surface area contributed by atoms with Gasteiger partial charge in [-0.25, -0.2) is 4.79 Å². The minimum atomic E-state index is -0.581. The van der Waals surface area contributed by atoms with Crippen LogP contribution in [0.25, 0.3) is 10.9 Å². The largest absolute Gasteiger partial charge is 0.461 e. The number of benzene rings is 2. The smallest absolute Gasteiger partial charge is 0.358 e. The maximum atomic E-state index is 12.2. The lowest BCUT2D eigenvalue weighted by Gasteiger charge is -2.07. The molecule has 0 bridgehead atoms. The number of carbonyl (C=O) groups excluding carboxylic acids is 1. The van der Waals surface area contributed by atoms with E-state index in [1.807, 2.05) is 6.07 Å². The van der Waals surface area contributed by atoms with Crippen LogP contribution in [0.1, 0.15) is 17.4 Å². The Labute approximate surface area is 137 Å². The number of hydrogen-bond donors (Lipinski definition) is 1. The monoisotopic (exact) mass is 326 g/mol. The van der Waals surface area contributed by atoms with E-state index < -0.39 is 10.9 Å². The van der Waals surface area contributed by atoms with E-state index in [9.17, 15) is 14.9 Å². The quantitative estimate of drug-likeness (QED) is 0.434. The molecule has 0 fully saturated rings. The minimum Gasteiger partial charge on any atom is -0.461 e. The van der Waals surface area contributed by atoms with E-state index in [0.29, 0.717) is 10.9 Å². The maximum Gasteiger partial charge on any atom is 0.358 e. The van der Waals surface area contributed by atoms with Crippen molar-refractivity contribution in [3.05, 3.63) is 64.3 Å². The number of nitrogens with one attached hydrogen (secondary N) is 1. The van der Waals surface area contributed by atoms with E-state index in [0.717, 1.165) is 0 Å². The molecular formula is C17H14N2O5. The zero-order valence-electron chi connectivity index (χ0n) is 12.8. The molecule has 7 nitrogen and oxygen atoms in total. The van der Waals surface area contributed by atoms with E-state index in [1.165, 1.54) is 12.1 Å². The summed E-state index contributed by atoms with van der Waals surface area (Å²) < 4.78 is 10.8. The molecule has 0 radical (unpaired) electrons. The van der Waals surface area contributed by atoms with Gasteiger partial charge in [-0.05, 0) is 25.1 Å². The molecule has 24 heavy (non-hydrogen) atoms. The van der Waals surface area contributed by atoms with Crippen LogP contribution in [0, 0.1) is 10.1 Å². The Hall–Kier alpha value is -3.35. The first kappa shape index (κ1) is 15.5. The van der Waals surface area contributed by atoms with Crippen LogP contribution < -0.4 is 4.74 Å². The normalized spacial score (nSPS) is 10.5. The van der Waals surface area contributed by atoms with Crippen molar-refractivity contribution in [1.29, 1.82) is 0 Å². The van der Waals surface area contributed by atoms with Crippen molar-refractivity contribution in [1.82, 2.24) is 4.98 Å². The third kappa shape index (κ3) is 2.79. The topological polar surface area (TPSA) is 94.5 Å². The van der Waals surface area contributed by atoms with Gasteiger partial charge < -0.3 is 14.5 Å². The second-order valence-corrected chi connectivity index (χ2v) is 4.92. The molecule has 122 valence electrons. The van der Waals surface area contributed by atoms with E-state index in [4.69, 9.17) is 9.47 Å². The van der Waals surface area contributed by atoms with Crippen LogP contribution in [-0.2, 0) is 4.74 Å². The van der Waals surface area contributed by atoms with Gasteiger partial charge in [-0.1, -0.05) is 24.3 Å². The first-order chi connectivity index (χ1) is 11.6. The fourth-order valence-electron chi connectivity index (χ4n) is 2.37. The average molecular weight is 326 g/mol. The van der Waals surface area contributed by atoms with Gasteiger partial charge in [-0.15, -0.1) is 0 Å². The highest BCUT2D eigenvalue weighted by Crippen LogP contribution is 2.37. The Kier molecular flexibility index (Phi) is 4.15. The molecular weight excluding hydrogens is 312 g/mol. The summed E-state index contributed by atoms with van der Waals surface area (Å²) in [5.74, 6) is -0.321. The number of rotatable bonds is 5. The zero-order chi connectivity index (χ0) is 17.1. The van der Waals surface area contributed by atoms with Crippen LogP contribution in [0.4, 0.5) is 5.69 Å². The fraction of sp³-hybridized carbons (Fsp3) is 0.118. The Bertz CT molecular complexity index is 916. The van der Waals surface area contributed by atoms with E-state index in [2.05, 4.69) is 4.98 Å². The second kappa shape index (κ2) is 6.41. The van der Waals surface area contributed by atoms with Crippen LogP contribution in [0.2, 0.25) is 0 Å². The van der Waals surface area contributed by atoms with Crippen molar-refractivity contribution in [2.24, 2.45) is 0 Å². The van der Waals surface area contributed by atoms with Gasteiger partial charge in [0.25, 0.3) is 0 Å². The van der Waals surface area contributed by atoms with Gasteiger partial charge in [0.05, 0.1) is 11.5 Å². The number of nitro benzene ring substituents is 1. The number of ether oxygens (including phenoxy) is 2. The van der Waals surface area contributed by atoms with Gasteiger partial charge in [0, 0.05) is 17.0 Å². The molecule has 0 aliphatic heterocycles. The molecule has 0 aliphatic rings.